The van der Waals surface area contributed by atoms with Gasteiger partial charge in [0, 0.05) is 30.9 Å². The van der Waals surface area contributed by atoms with E-state index in [9.17, 15) is 0 Å². The number of aromatic nitrogens is 2. The highest BCUT2D eigenvalue weighted by atomic mass is 15.3. The minimum atomic E-state index is 0.302. The molecule has 0 aromatic carbocycles. The highest BCUT2D eigenvalue weighted by molar-refractivity contribution is 5.35. The lowest BCUT2D eigenvalue weighted by atomic mass is 9.90. The maximum absolute atomic E-state index is 4.82. The number of nitrogens with one attached hydrogen (secondary N) is 1. The summed E-state index contributed by atoms with van der Waals surface area (Å²) >= 11 is 0. The van der Waals surface area contributed by atoms with Gasteiger partial charge in [0.15, 0.2) is 0 Å². The van der Waals surface area contributed by atoms with Gasteiger partial charge in [-0.15, -0.1) is 0 Å². The third-order valence-electron chi connectivity index (χ3n) is 5.30. The minimum Gasteiger partial charge on any atom is -0.342 e. The van der Waals surface area contributed by atoms with Crippen molar-refractivity contribution in [1.29, 1.82) is 0 Å². The van der Waals surface area contributed by atoms with Crippen LogP contribution in [0.25, 0.3) is 0 Å². The normalized spacial score (nSPS) is 23.4. The van der Waals surface area contributed by atoms with Crippen molar-refractivity contribution in [3.63, 3.8) is 0 Å². The molecular weight excluding hydrogens is 248 g/mol. The highest BCUT2D eigenvalue weighted by Gasteiger charge is 2.31. The van der Waals surface area contributed by atoms with E-state index < -0.39 is 0 Å². The summed E-state index contributed by atoms with van der Waals surface area (Å²) in [5, 5.41) is 3.47. The van der Waals surface area contributed by atoms with Crippen LogP contribution in [0, 0.1) is 6.92 Å². The maximum Gasteiger partial charge on any atom is 0.205 e. The Hall–Kier alpha value is -1.03. The van der Waals surface area contributed by atoms with E-state index in [4.69, 9.17) is 4.98 Å². The molecule has 4 nitrogen and oxygen atoms in total. The Kier molecular flexibility index (Phi) is 3.76. The number of nitrogens with zero attached hydrogens (tertiary/aromatic N) is 3. The standard InChI is InChI=1S/C16H28N4/c1-13-12-20(14-6-4-5-7-14)15(18-13)19-10-8-16(2,17-3)9-11-19/h12,14,17H,4-11H2,1-3H3. The molecule has 2 fully saturated rings. The van der Waals surface area contributed by atoms with Crippen molar-refractivity contribution < 1.29 is 0 Å². The van der Waals surface area contributed by atoms with Gasteiger partial charge in [0.25, 0.3) is 0 Å². The van der Waals surface area contributed by atoms with Crippen LogP contribution in [-0.2, 0) is 0 Å². The molecule has 1 N–H and O–H groups in total. The SMILES string of the molecule is CNC1(C)CCN(c2nc(C)cn2C2CCCC2)CC1. The van der Waals surface area contributed by atoms with Crippen molar-refractivity contribution >= 4 is 5.95 Å². The Morgan fingerprint density at radius 3 is 2.50 bits per heavy atom. The van der Waals surface area contributed by atoms with E-state index in [2.05, 4.69) is 41.9 Å². The Bertz CT molecular complexity index is 451. The predicted octanol–water partition coefficient (Wildman–Crippen LogP) is 2.88. The van der Waals surface area contributed by atoms with Crippen molar-refractivity contribution in [2.75, 3.05) is 25.0 Å². The number of imidazole rings is 1. The Morgan fingerprint density at radius 1 is 1.25 bits per heavy atom. The topological polar surface area (TPSA) is 33.1 Å². The molecular formula is C16H28N4. The molecule has 1 aromatic rings. The van der Waals surface area contributed by atoms with Crippen LogP contribution in [0.15, 0.2) is 6.20 Å². The van der Waals surface area contributed by atoms with Gasteiger partial charge in [0.1, 0.15) is 0 Å². The molecule has 1 aliphatic heterocycles. The molecule has 1 saturated carbocycles. The average Bonchev–Trinajstić information content (AvgIpc) is 3.08. The van der Waals surface area contributed by atoms with Gasteiger partial charge in [0.05, 0.1) is 5.69 Å². The van der Waals surface area contributed by atoms with Crippen LogP contribution in [0.3, 0.4) is 0 Å². The third-order valence-corrected chi connectivity index (χ3v) is 5.30. The quantitative estimate of drug-likeness (QED) is 0.921. The molecule has 3 rings (SSSR count). The maximum atomic E-state index is 4.82. The average molecular weight is 276 g/mol. The van der Waals surface area contributed by atoms with Gasteiger partial charge in [-0.3, -0.25) is 0 Å². The molecule has 20 heavy (non-hydrogen) atoms. The van der Waals surface area contributed by atoms with Gasteiger partial charge >= 0.3 is 0 Å². The summed E-state index contributed by atoms with van der Waals surface area (Å²) in [6.07, 6.45) is 10.0. The van der Waals surface area contributed by atoms with Crippen molar-refractivity contribution in [3.05, 3.63) is 11.9 Å². The predicted molar refractivity (Wildman–Crippen MR) is 83.4 cm³/mol. The van der Waals surface area contributed by atoms with E-state index in [0.29, 0.717) is 11.6 Å². The fourth-order valence-corrected chi connectivity index (χ4v) is 3.64. The smallest absolute Gasteiger partial charge is 0.205 e. The fraction of sp³-hybridized carbons (Fsp3) is 0.812. The second kappa shape index (κ2) is 5.40. The first-order valence-corrected chi connectivity index (χ1v) is 8.11. The molecule has 4 heteroatoms. The van der Waals surface area contributed by atoms with Crippen LogP contribution in [0.4, 0.5) is 5.95 Å². The molecule has 1 aromatic heterocycles. The summed E-state index contributed by atoms with van der Waals surface area (Å²) < 4.78 is 2.46. The molecule has 2 heterocycles. The summed E-state index contributed by atoms with van der Waals surface area (Å²) in [4.78, 5) is 7.31. The third kappa shape index (κ3) is 2.58. The number of hydrogen-bond acceptors (Lipinski definition) is 3. The first-order valence-electron chi connectivity index (χ1n) is 8.11. The summed E-state index contributed by atoms with van der Waals surface area (Å²) in [6, 6.07) is 0.684. The first-order chi connectivity index (χ1) is 9.61. The fourth-order valence-electron chi connectivity index (χ4n) is 3.64. The number of rotatable bonds is 3. The van der Waals surface area contributed by atoms with Crippen molar-refractivity contribution in [3.8, 4) is 0 Å². The lowest BCUT2D eigenvalue weighted by molar-refractivity contribution is 0.301. The molecule has 0 radical (unpaired) electrons. The highest BCUT2D eigenvalue weighted by Crippen LogP contribution is 2.34. The van der Waals surface area contributed by atoms with Crippen molar-refractivity contribution in [2.24, 2.45) is 0 Å². The molecule has 0 unspecified atom stereocenters. The van der Waals surface area contributed by atoms with Crippen LogP contribution >= 0.6 is 0 Å². The van der Waals surface area contributed by atoms with Crippen molar-refractivity contribution in [2.45, 2.75) is 64.0 Å². The van der Waals surface area contributed by atoms with Crippen LogP contribution < -0.4 is 10.2 Å². The van der Waals surface area contributed by atoms with Gasteiger partial charge in [-0.1, -0.05) is 12.8 Å². The number of hydrogen-bond donors (Lipinski definition) is 1. The zero-order valence-corrected chi connectivity index (χ0v) is 13.2. The Balaban J connectivity index is 1.77. The largest absolute Gasteiger partial charge is 0.342 e. The van der Waals surface area contributed by atoms with Gasteiger partial charge in [-0.25, -0.2) is 4.98 Å². The summed E-state index contributed by atoms with van der Waals surface area (Å²) in [5.74, 6) is 1.22. The molecule has 0 spiro atoms. The molecule has 0 amide bonds. The van der Waals surface area contributed by atoms with E-state index in [1.165, 1.54) is 44.5 Å². The zero-order valence-electron chi connectivity index (χ0n) is 13.2. The van der Waals surface area contributed by atoms with E-state index in [0.717, 1.165) is 18.8 Å². The second-order valence-electron chi connectivity index (χ2n) is 6.83. The minimum absolute atomic E-state index is 0.302. The Labute approximate surface area is 122 Å². The van der Waals surface area contributed by atoms with Gasteiger partial charge in [0.2, 0.25) is 5.95 Å². The Morgan fingerprint density at radius 2 is 1.90 bits per heavy atom. The van der Waals surface area contributed by atoms with Crippen molar-refractivity contribution in [1.82, 2.24) is 14.9 Å². The summed E-state index contributed by atoms with van der Waals surface area (Å²) in [5.41, 5.74) is 1.46. The van der Waals surface area contributed by atoms with E-state index >= 15 is 0 Å². The molecule has 0 bridgehead atoms. The van der Waals surface area contributed by atoms with E-state index in [1.54, 1.807) is 0 Å². The van der Waals surface area contributed by atoms with Crippen LogP contribution in [0.5, 0.6) is 0 Å². The van der Waals surface area contributed by atoms with Gasteiger partial charge in [-0.2, -0.15) is 0 Å². The van der Waals surface area contributed by atoms with Crippen LogP contribution in [-0.4, -0.2) is 35.2 Å². The molecule has 112 valence electrons. The van der Waals surface area contributed by atoms with Gasteiger partial charge in [-0.05, 0) is 46.6 Å². The van der Waals surface area contributed by atoms with Gasteiger partial charge < -0.3 is 14.8 Å². The van der Waals surface area contributed by atoms with Crippen LogP contribution in [0.1, 0.15) is 57.2 Å². The zero-order chi connectivity index (χ0) is 14.2. The summed E-state index contributed by atoms with van der Waals surface area (Å²) in [6.45, 7) is 6.68. The number of piperidine rings is 1. The first kappa shape index (κ1) is 13.9. The molecule has 1 aliphatic carbocycles. The molecule has 0 atom stereocenters. The number of anilines is 1. The van der Waals surface area contributed by atoms with Crippen LogP contribution in [0.2, 0.25) is 0 Å². The monoisotopic (exact) mass is 276 g/mol. The van der Waals surface area contributed by atoms with E-state index in [1.807, 2.05) is 0 Å². The lowest BCUT2D eigenvalue weighted by Gasteiger charge is -2.40. The molecule has 2 aliphatic rings. The van der Waals surface area contributed by atoms with E-state index in [-0.39, 0.29) is 0 Å². The second-order valence-corrected chi connectivity index (χ2v) is 6.83. The molecule has 1 saturated heterocycles. The number of aryl methyl sites for hydroxylation is 1. The summed E-state index contributed by atoms with van der Waals surface area (Å²) in [7, 11) is 2.08. The lowest BCUT2D eigenvalue weighted by Crippen LogP contribution is -2.50.